The van der Waals surface area contributed by atoms with Gasteiger partial charge in [-0.3, -0.25) is 0 Å². The first-order chi connectivity index (χ1) is 9.69. The summed E-state index contributed by atoms with van der Waals surface area (Å²) in [5.74, 6) is 1.73. The van der Waals surface area contributed by atoms with Crippen LogP contribution in [0.5, 0.6) is 0 Å². The zero-order valence-corrected chi connectivity index (χ0v) is 13.1. The van der Waals surface area contributed by atoms with Crippen LogP contribution in [0.2, 0.25) is 0 Å². The van der Waals surface area contributed by atoms with E-state index >= 15 is 0 Å². The number of rotatable bonds is 3. The molecule has 0 amide bonds. The molecule has 0 aromatic heterocycles. The molecule has 0 radical (unpaired) electrons. The highest BCUT2D eigenvalue weighted by molar-refractivity contribution is 5.04. The predicted molar refractivity (Wildman–Crippen MR) is 83.4 cm³/mol. The van der Waals surface area contributed by atoms with Crippen molar-refractivity contribution < 1.29 is 5.11 Å². The minimum atomic E-state index is -0.454. The Hall–Kier alpha value is -0.0800. The molecule has 116 valence electrons. The Morgan fingerprint density at radius 3 is 2.05 bits per heavy atom. The highest BCUT2D eigenvalue weighted by atomic mass is 16.3. The molecule has 0 aliphatic heterocycles. The van der Waals surface area contributed by atoms with Gasteiger partial charge in [0, 0.05) is 12.0 Å². The van der Waals surface area contributed by atoms with Gasteiger partial charge in [0.2, 0.25) is 0 Å². The third kappa shape index (κ3) is 2.78. The van der Waals surface area contributed by atoms with Gasteiger partial charge in [0.15, 0.2) is 0 Å². The maximum Gasteiger partial charge on any atom is 0.0718 e. The second kappa shape index (κ2) is 5.96. The van der Waals surface area contributed by atoms with Crippen molar-refractivity contribution in [3.8, 4) is 0 Å². The van der Waals surface area contributed by atoms with Crippen molar-refractivity contribution in [2.45, 2.75) is 89.1 Å². The van der Waals surface area contributed by atoms with Gasteiger partial charge in [-0.2, -0.15) is 0 Å². The van der Waals surface area contributed by atoms with Gasteiger partial charge in [-0.1, -0.05) is 38.5 Å². The van der Waals surface area contributed by atoms with Crippen LogP contribution in [0.15, 0.2) is 0 Å². The van der Waals surface area contributed by atoms with Crippen molar-refractivity contribution in [3.63, 3.8) is 0 Å². The molecule has 0 bridgehead atoms. The minimum absolute atomic E-state index is 0.0288. The summed E-state index contributed by atoms with van der Waals surface area (Å²) in [6.07, 6.45) is 16.4. The van der Waals surface area contributed by atoms with E-state index in [9.17, 15) is 5.11 Å². The zero-order valence-electron chi connectivity index (χ0n) is 13.1. The normalized spacial score (nSPS) is 39.0. The van der Waals surface area contributed by atoms with E-state index in [1.54, 1.807) is 0 Å². The largest absolute Gasteiger partial charge is 0.389 e. The first kappa shape index (κ1) is 14.8. The Morgan fingerprint density at radius 1 is 0.800 bits per heavy atom. The summed E-state index contributed by atoms with van der Waals surface area (Å²) in [7, 11) is 0. The van der Waals surface area contributed by atoms with Crippen LogP contribution >= 0.6 is 0 Å². The zero-order chi connectivity index (χ0) is 14.1. The first-order valence-corrected chi connectivity index (χ1v) is 9.12. The molecule has 2 nitrogen and oxygen atoms in total. The minimum Gasteiger partial charge on any atom is -0.389 e. The molecule has 2 atom stereocenters. The van der Waals surface area contributed by atoms with Crippen LogP contribution in [0.4, 0.5) is 0 Å². The van der Waals surface area contributed by atoms with Crippen LogP contribution in [0.3, 0.4) is 0 Å². The van der Waals surface area contributed by atoms with E-state index in [1.807, 2.05) is 0 Å². The van der Waals surface area contributed by atoms with E-state index in [0.717, 1.165) is 37.5 Å². The van der Waals surface area contributed by atoms with Crippen molar-refractivity contribution >= 4 is 0 Å². The summed E-state index contributed by atoms with van der Waals surface area (Å²) in [4.78, 5) is 0. The predicted octanol–water partition coefficient (Wildman–Crippen LogP) is 4.01. The van der Waals surface area contributed by atoms with Crippen LogP contribution in [-0.2, 0) is 0 Å². The van der Waals surface area contributed by atoms with Crippen molar-refractivity contribution in [1.29, 1.82) is 0 Å². The average Bonchev–Trinajstić information content (AvgIpc) is 3.23. The highest BCUT2D eigenvalue weighted by Gasteiger charge is 2.52. The summed E-state index contributed by atoms with van der Waals surface area (Å²) in [5.41, 5.74) is 5.83. The Kier molecular flexibility index (Phi) is 4.42. The van der Waals surface area contributed by atoms with Gasteiger partial charge < -0.3 is 10.8 Å². The topological polar surface area (TPSA) is 46.2 Å². The highest BCUT2D eigenvalue weighted by Crippen LogP contribution is 2.54. The fourth-order valence-electron chi connectivity index (χ4n) is 5.19. The molecule has 3 aliphatic rings. The number of hydrogen-bond acceptors (Lipinski definition) is 2. The molecule has 0 aromatic carbocycles. The second-order valence-electron chi connectivity index (χ2n) is 7.98. The van der Waals surface area contributed by atoms with Crippen LogP contribution in [0, 0.1) is 17.3 Å². The van der Waals surface area contributed by atoms with Crippen LogP contribution in [-0.4, -0.2) is 17.3 Å². The summed E-state index contributed by atoms with van der Waals surface area (Å²) >= 11 is 0. The Morgan fingerprint density at radius 2 is 1.45 bits per heavy atom. The van der Waals surface area contributed by atoms with Gasteiger partial charge >= 0.3 is 0 Å². The lowest BCUT2D eigenvalue weighted by atomic mass is 9.58. The maximum atomic E-state index is 11.5. The molecule has 3 rings (SSSR count). The number of nitrogens with two attached hydrogens (primary N) is 1. The molecule has 3 fully saturated rings. The molecule has 3 saturated carbocycles. The van der Waals surface area contributed by atoms with Crippen molar-refractivity contribution in [1.82, 2.24) is 0 Å². The first-order valence-electron chi connectivity index (χ1n) is 9.12. The van der Waals surface area contributed by atoms with Gasteiger partial charge in [-0.25, -0.2) is 0 Å². The monoisotopic (exact) mass is 279 g/mol. The van der Waals surface area contributed by atoms with Crippen molar-refractivity contribution in [2.75, 3.05) is 6.54 Å². The molecule has 0 aromatic rings. The van der Waals surface area contributed by atoms with Crippen LogP contribution < -0.4 is 5.73 Å². The second-order valence-corrected chi connectivity index (χ2v) is 7.98. The third-order valence-corrected chi connectivity index (χ3v) is 6.74. The maximum absolute atomic E-state index is 11.5. The lowest BCUT2D eigenvalue weighted by Crippen LogP contribution is -2.55. The van der Waals surface area contributed by atoms with Gasteiger partial charge in [0.05, 0.1) is 5.60 Å². The lowest BCUT2D eigenvalue weighted by molar-refractivity contribution is -0.130. The number of hydrogen-bond donors (Lipinski definition) is 2. The van der Waals surface area contributed by atoms with Crippen LogP contribution in [0.25, 0.3) is 0 Å². The Bertz CT molecular complexity index is 317. The van der Waals surface area contributed by atoms with Crippen molar-refractivity contribution in [3.05, 3.63) is 0 Å². The summed E-state index contributed by atoms with van der Waals surface area (Å²) in [6.45, 7) is 0.695. The summed E-state index contributed by atoms with van der Waals surface area (Å²) in [5, 5.41) is 11.5. The van der Waals surface area contributed by atoms with Gasteiger partial charge in [-0.05, 0) is 56.8 Å². The fourth-order valence-corrected chi connectivity index (χ4v) is 5.19. The average molecular weight is 279 g/mol. The molecule has 3 N–H and O–H groups in total. The van der Waals surface area contributed by atoms with Crippen molar-refractivity contribution in [2.24, 2.45) is 23.0 Å². The molecule has 0 spiro atoms. The van der Waals surface area contributed by atoms with Crippen LogP contribution in [0.1, 0.15) is 83.5 Å². The fraction of sp³-hybridized carbons (Fsp3) is 1.00. The summed E-state index contributed by atoms with van der Waals surface area (Å²) < 4.78 is 0. The van der Waals surface area contributed by atoms with Gasteiger partial charge in [0.1, 0.15) is 0 Å². The molecule has 3 aliphatic carbocycles. The van der Waals surface area contributed by atoms with Gasteiger partial charge in [0.25, 0.3) is 0 Å². The lowest BCUT2D eigenvalue weighted by Gasteiger charge is -2.52. The molecule has 20 heavy (non-hydrogen) atoms. The van der Waals surface area contributed by atoms with Gasteiger partial charge in [-0.15, -0.1) is 0 Å². The third-order valence-electron chi connectivity index (χ3n) is 6.74. The summed E-state index contributed by atoms with van der Waals surface area (Å²) in [6, 6.07) is 0. The van der Waals surface area contributed by atoms with E-state index in [1.165, 1.54) is 57.8 Å². The molecule has 2 heteroatoms. The van der Waals surface area contributed by atoms with E-state index in [2.05, 4.69) is 0 Å². The van der Waals surface area contributed by atoms with E-state index < -0.39 is 5.60 Å². The molecular formula is C18H33NO. The van der Waals surface area contributed by atoms with E-state index in [0.29, 0.717) is 6.54 Å². The Labute approximate surface area is 124 Å². The number of aliphatic hydroxyl groups is 1. The molecule has 2 unspecified atom stereocenters. The molecule has 0 heterocycles. The Balaban J connectivity index is 1.77. The quantitative estimate of drug-likeness (QED) is 0.820. The smallest absolute Gasteiger partial charge is 0.0718 e. The molecule has 0 saturated heterocycles. The van der Waals surface area contributed by atoms with E-state index in [-0.39, 0.29) is 5.41 Å². The SMILES string of the molecule is NCC1(C2(O)CCCC(C3CC3)C2)CCCCCCC1. The van der Waals surface area contributed by atoms with E-state index in [4.69, 9.17) is 5.73 Å². The standard InChI is InChI=1S/C18H33NO/c19-14-17(10-4-2-1-3-5-11-17)18(20)12-6-7-16(13-18)15-8-9-15/h15-16,20H,1-14,19H2. The molecular weight excluding hydrogens is 246 g/mol.